The molecule has 0 atom stereocenters. The Bertz CT molecular complexity index is 1410. The zero-order valence-corrected chi connectivity index (χ0v) is 23.6. The van der Waals surface area contributed by atoms with Gasteiger partial charge in [-0.25, -0.2) is 18.7 Å². The van der Waals surface area contributed by atoms with Gasteiger partial charge in [-0.1, -0.05) is 0 Å². The zero-order chi connectivity index (χ0) is 32.3. The zero-order valence-electron chi connectivity index (χ0n) is 23.6. The summed E-state index contributed by atoms with van der Waals surface area (Å²) < 4.78 is 14.5. The number of rotatable bonds is 9. The van der Waals surface area contributed by atoms with Crippen LogP contribution in [0.2, 0.25) is 0 Å². The van der Waals surface area contributed by atoms with Crippen LogP contribution in [0.25, 0.3) is 0 Å². The van der Waals surface area contributed by atoms with Gasteiger partial charge in [0.05, 0.1) is 33.3 Å². The molecular weight excluding hydrogens is 574 g/mol. The molecule has 3 rings (SSSR count). The number of ether oxygens (including phenoxy) is 2. The Hall–Kier alpha value is -5.94. The van der Waals surface area contributed by atoms with Crippen molar-refractivity contribution in [3.8, 4) is 17.2 Å². The van der Waals surface area contributed by atoms with Crippen molar-refractivity contribution in [2.45, 2.75) is 19.5 Å². The normalized spacial score (nSPS) is 10.0. The number of nitrogens with zero attached hydrogens (tertiary/aromatic N) is 7. The van der Waals surface area contributed by atoms with Crippen LogP contribution < -0.4 is 18.6 Å². The highest BCUT2D eigenvalue weighted by Gasteiger charge is 2.30. The van der Waals surface area contributed by atoms with Crippen LogP contribution in [0.5, 0.6) is 17.2 Å². The van der Waals surface area contributed by atoms with Gasteiger partial charge in [0.15, 0.2) is 37.0 Å². The van der Waals surface area contributed by atoms with Crippen molar-refractivity contribution in [1.82, 2.24) is 9.80 Å². The van der Waals surface area contributed by atoms with Crippen molar-refractivity contribution in [3.63, 3.8) is 0 Å². The largest absolute Gasteiger partial charge is 0.497 e. The predicted molar refractivity (Wildman–Crippen MR) is 145 cm³/mol. The molecule has 2 aromatic heterocycles. The molecule has 0 saturated heterocycles. The third kappa shape index (κ3) is 10.2. The first-order valence-electron chi connectivity index (χ1n) is 12.3. The van der Waals surface area contributed by atoms with Gasteiger partial charge >= 0.3 is 23.6 Å². The second-order valence-electron chi connectivity index (χ2n) is 9.04. The third-order valence-electron chi connectivity index (χ3n) is 5.29. The van der Waals surface area contributed by atoms with Crippen molar-refractivity contribution in [2.75, 3.05) is 28.2 Å². The number of amides is 2. The standard InChI is InChI=1S/C19H26N4O4.C6H3N3O7/c1-20(2)18(24)26-16-8-5-10-22(14-16)12-7-13-23-11-6-9-17(15-23)27-19(25)21(3)4;10-6-4(8(13)14)1-3(7(11)12)2-5(6)9(15)16/h5-6,8-11,14-15H,7,12-13H2,1-4H3;1-2,10H/q+2;. The number of aryl methyl sites for hydroxylation is 2. The summed E-state index contributed by atoms with van der Waals surface area (Å²) >= 11 is 0. The number of aromatic nitrogens is 2. The fourth-order valence-corrected chi connectivity index (χ4v) is 3.19. The van der Waals surface area contributed by atoms with Crippen molar-refractivity contribution < 1.29 is 48.1 Å². The van der Waals surface area contributed by atoms with E-state index in [4.69, 9.17) is 14.6 Å². The molecule has 0 aliphatic carbocycles. The Morgan fingerprint density at radius 2 is 1.16 bits per heavy atom. The lowest BCUT2D eigenvalue weighted by Gasteiger charge is -2.09. The van der Waals surface area contributed by atoms with E-state index in [1.807, 2.05) is 33.7 Å². The molecule has 0 aliphatic rings. The van der Waals surface area contributed by atoms with E-state index in [-0.39, 0.29) is 0 Å². The molecule has 1 N–H and O–H groups in total. The van der Waals surface area contributed by atoms with E-state index in [2.05, 4.69) is 0 Å². The molecule has 0 unspecified atom stereocenters. The van der Waals surface area contributed by atoms with Crippen molar-refractivity contribution in [3.05, 3.63) is 91.5 Å². The number of pyridine rings is 2. The SMILES string of the molecule is CN(C)C(=O)Oc1ccc[n+](CCC[n+]2cccc(OC(=O)N(C)C)c2)c1.O=[N+]([O-])c1cc([N+](=O)[O-])c(O)c([N+](=O)[O-])c1. The van der Waals surface area contributed by atoms with Crippen LogP contribution in [0.3, 0.4) is 0 Å². The number of phenols is 1. The quantitative estimate of drug-likeness (QED) is 0.213. The lowest BCUT2D eigenvalue weighted by atomic mass is 10.2. The number of carbonyl (C=O) groups excluding carboxylic acids is 2. The number of phenolic OH excluding ortho intramolecular Hbond substituents is 1. The van der Waals surface area contributed by atoms with Gasteiger partial charge in [0.2, 0.25) is 12.4 Å². The highest BCUT2D eigenvalue weighted by molar-refractivity contribution is 5.70. The third-order valence-corrected chi connectivity index (χ3v) is 5.29. The number of aromatic hydroxyl groups is 1. The smallest absolute Gasteiger partial charge is 0.414 e. The van der Waals surface area contributed by atoms with Crippen molar-refractivity contribution in [1.29, 1.82) is 0 Å². The molecule has 2 heterocycles. The minimum Gasteiger partial charge on any atom is -0.497 e. The summed E-state index contributed by atoms with van der Waals surface area (Å²) in [6.45, 7) is 1.50. The van der Waals surface area contributed by atoms with E-state index < -0.39 is 49.8 Å². The number of benzene rings is 1. The highest BCUT2D eigenvalue weighted by Crippen LogP contribution is 2.38. The Balaban J connectivity index is 0.000000344. The summed E-state index contributed by atoms with van der Waals surface area (Å²) in [4.78, 5) is 53.8. The minimum atomic E-state index is -1.21. The summed E-state index contributed by atoms with van der Waals surface area (Å²) in [6, 6.07) is 8.06. The lowest BCUT2D eigenvalue weighted by molar-refractivity contribution is -0.727. The van der Waals surface area contributed by atoms with Gasteiger partial charge in [-0.15, -0.1) is 0 Å². The van der Waals surface area contributed by atoms with E-state index >= 15 is 0 Å². The Kier molecular flexibility index (Phi) is 11.7. The first kappa shape index (κ1) is 33.3. The number of hydrogen-bond acceptors (Lipinski definition) is 11. The Morgan fingerprint density at radius 3 is 1.49 bits per heavy atom. The lowest BCUT2D eigenvalue weighted by Crippen LogP contribution is -2.39. The van der Waals surface area contributed by atoms with E-state index in [9.17, 15) is 39.9 Å². The van der Waals surface area contributed by atoms with Gasteiger partial charge in [-0.2, -0.15) is 0 Å². The second-order valence-corrected chi connectivity index (χ2v) is 9.04. The molecule has 2 amide bonds. The fourth-order valence-electron chi connectivity index (χ4n) is 3.19. The first-order valence-corrected chi connectivity index (χ1v) is 12.3. The molecule has 0 fully saturated rings. The molecule has 0 bridgehead atoms. The molecular formula is C25H29N7O11+2. The highest BCUT2D eigenvalue weighted by atomic mass is 16.6. The molecule has 1 aromatic carbocycles. The Morgan fingerprint density at radius 1 is 0.767 bits per heavy atom. The van der Waals surface area contributed by atoms with Crippen LogP contribution in [0, 0.1) is 30.3 Å². The summed E-state index contributed by atoms with van der Waals surface area (Å²) in [5.41, 5.74) is -3.00. The second kappa shape index (κ2) is 15.2. The predicted octanol–water partition coefficient (Wildman–Crippen LogP) is 2.59. The monoisotopic (exact) mass is 603 g/mol. The first-order chi connectivity index (χ1) is 20.2. The summed E-state index contributed by atoms with van der Waals surface area (Å²) in [6.07, 6.45) is 7.47. The molecule has 0 radical (unpaired) electrons. The molecule has 18 heteroatoms. The molecule has 228 valence electrons. The van der Waals surface area contributed by atoms with Gasteiger partial charge in [0, 0.05) is 40.3 Å². The summed E-state index contributed by atoms with van der Waals surface area (Å²) in [5, 5.41) is 40.2. The number of hydrogen-bond donors (Lipinski definition) is 1. The molecule has 0 aliphatic heterocycles. The van der Waals surface area contributed by atoms with Crippen LogP contribution in [0.4, 0.5) is 26.7 Å². The maximum atomic E-state index is 11.6. The maximum absolute atomic E-state index is 11.6. The van der Waals surface area contributed by atoms with E-state index in [0.717, 1.165) is 19.5 Å². The topological polar surface area (TPSA) is 216 Å². The van der Waals surface area contributed by atoms with Crippen LogP contribution in [0.15, 0.2) is 61.2 Å². The molecule has 3 aromatic rings. The molecule has 0 spiro atoms. The number of nitro benzene ring substituents is 3. The van der Waals surface area contributed by atoms with Crippen LogP contribution in [-0.2, 0) is 13.1 Å². The van der Waals surface area contributed by atoms with Gasteiger partial charge < -0.3 is 24.4 Å². The molecule has 18 nitrogen and oxygen atoms in total. The average Bonchev–Trinajstić information content (AvgIpc) is 2.93. The van der Waals surface area contributed by atoms with Gasteiger partial charge in [-0.3, -0.25) is 30.3 Å². The Labute approximate surface area is 244 Å². The van der Waals surface area contributed by atoms with Gasteiger partial charge in [0.1, 0.15) is 0 Å². The number of non-ortho nitro benzene ring substituents is 1. The molecule has 43 heavy (non-hydrogen) atoms. The van der Waals surface area contributed by atoms with Crippen LogP contribution >= 0.6 is 0 Å². The van der Waals surface area contributed by atoms with Crippen molar-refractivity contribution >= 4 is 29.2 Å². The molecule has 0 saturated carbocycles. The average molecular weight is 604 g/mol. The van der Waals surface area contributed by atoms with Crippen LogP contribution in [-0.4, -0.2) is 70.1 Å². The van der Waals surface area contributed by atoms with E-state index in [1.165, 1.54) is 9.80 Å². The minimum absolute atomic E-state index is 0.410. The van der Waals surface area contributed by atoms with Crippen molar-refractivity contribution in [2.24, 2.45) is 0 Å². The van der Waals surface area contributed by atoms with Crippen LogP contribution in [0.1, 0.15) is 6.42 Å². The van der Waals surface area contributed by atoms with Gasteiger partial charge in [-0.05, 0) is 12.1 Å². The van der Waals surface area contributed by atoms with Gasteiger partial charge in [0.25, 0.3) is 11.4 Å². The maximum Gasteiger partial charge on any atom is 0.414 e. The number of nitro groups is 3. The summed E-state index contributed by atoms with van der Waals surface area (Å²) in [5.74, 6) is -0.205. The van der Waals surface area contributed by atoms with E-state index in [0.29, 0.717) is 23.6 Å². The number of carbonyl (C=O) groups is 2. The van der Waals surface area contributed by atoms with E-state index in [1.54, 1.807) is 52.7 Å². The summed E-state index contributed by atoms with van der Waals surface area (Å²) in [7, 11) is 6.56. The fraction of sp³-hybridized carbons (Fsp3) is 0.280.